The van der Waals surface area contributed by atoms with Crippen LogP contribution < -0.4 is 0 Å². The fourth-order valence-corrected chi connectivity index (χ4v) is 2.07. The summed E-state index contributed by atoms with van der Waals surface area (Å²) in [5, 5.41) is 0. The minimum atomic E-state index is 0.470. The Hall–Kier alpha value is -0.300. The van der Waals surface area contributed by atoms with Crippen molar-refractivity contribution < 1.29 is 4.74 Å². The summed E-state index contributed by atoms with van der Waals surface area (Å²) in [4.78, 5) is 0. The highest BCUT2D eigenvalue weighted by molar-refractivity contribution is 5.05. The van der Waals surface area contributed by atoms with Crippen molar-refractivity contribution in [3.05, 3.63) is 12.2 Å². The van der Waals surface area contributed by atoms with E-state index in [2.05, 4.69) is 12.2 Å². The summed E-state index contributed by atoms with van der Waals surface area (Å²) < 4.78 is 5.42. The van der Waals surface area contributed by atoms with Crippen molar-refractivity contribution in [1.82, 2.24) is 0 Å². The number of ether oxygens (including phenoxy) is 1. The highest BCUT2D eigenvalue weighted by Gasteiger charge is 2.32. The van der Waals surface area contributed by atoms with Crippen LogP contribution in [0.5, 0.6) is 0 Å². The molecule has 1 heteroatoms. The molecule has 1 aliphatic carbocycles. The molecule has 1 heterocycles. The van der Waals surface area contributed by atoms with Gasteiger partial charge < -0.3 is 4.74 Å². The van der Waals surface area contributed by atoms with Gasteiger partial charge in [-0.1, -0.05) is 25.0 Å². The van der Waals surface area contributed by atoms with Crippen LogP contribution in [0, 0.1) is 5.41 Å². The SMILES string of the molecule is C1=CC2(CCCC2)COC1. The Morgan fingerprint density at radius 2 is 2.00 bits per heavy atom. The summed E-state index contributed by atoms with van der Waals surface area (Å²) in [6, 6.07) is 0. The predicted octanol–water partition coefficient (Wildman–Crippen LogP) is 2.13. The number of rotatable bonds is 0. The van der Waals surface area contributed by atoms with E-state index in [4.69, 9.17) is 4.74 Å². The van der Waals surface area contributed by atoms with E-state index in [-0.39, 0.29) is 0 Å². The Kier molecular flexibility index (Phi) is 1.53. The van der Waals surface area contributed by atoms with Gasteiger partial charge in [-0.05, 0) is 12.8 Å². The molecule has 0 atom stereocenters. The molecule has 1 nitrogen and oxygen atoms in total. The molecule has 56 valence electrons. The van der Waals surface area contributed by atoms with Crippen LogP contribution in [0.15, 0.2) is 12.2 Å². The Balaban J connectivity index is 2.11. The minimum Gasteiger partial charge on any atom is -0.376 e. The molecule has 0 saturated heterocycles. The van der Waals surface area contributed by atoms with Gasteiger partial charge in [-0.25, -0.2) is 0 Å². The second kappa shape index (κ2) is 2.39. The molecule has 0 amide bonds. The van der Waals surface area contributed by atoms with Gasteiger partial charge in [-0.15, -0.1) is 0 Å². The van der Waals surface area contributed by atoms with Crippen molar-refractivity contribution >= 4 is 0 Å². The quantitative estimate of drug-likeness (QED) is 0.466. The van der Waals surface area contributed by atoms with Gasteiger partial charge in [-0.3, -0.25) is 0 Å². The number of hydrogen-bond acceptors (Lipinski definition) is 1. The second-order valence-corrected chi connectivity index (χ2v) is 3.49. The van der Waals surface area contributed by atoms with Crippen molar-refractivity contribution in [1.29, 1.82) is 0 Å². The molecule has 1 saturated carbocycles. The van der Waals surface area contributed by atoms with Crippen LogP contribution in [0.3, 0.4) is 0 Å². The smallest absolute Gasteiger partial charge is 0.0648 e. The van der Waals surface area contributed by atoms with Crippen LogP contribution in [0.25, 0.3) is 0 Å². The van der Waals surface area contributed by atoms with Gasteiger partial charge in [0, 0.05) is 5.41 Å². The largest absolute Gasteiger partial charge is 0.376 e. The molecule has 2 rings (SSSR count). The third kappa shape index (κ3) is 0.988. The van der Waals surface area contributed by atoms with Crippen molar-refractivity contribution in [2.45, 2.75) is 25.7 Å². The lowest BCUT2D eigenvalue weighted by Gasteiger charge is -2.27. The first-order chi connectivity index (χ1) is 4.91. The normalized spacial score (nSPS) is 29.6. The zero-order valence-corrected chi connectivity index (χ0v) is 6.31. The molecule has 1 fully saturated rings. The molecule has 10 heavy (non-hydrogen) atoms. The van der Waals surface area contributed by atoms with Crippen molar-refractivity contribution in [2.75, 3.05) is 13.2 Å². The van der Waals surface area contributed by atoms with Crippen LogP contribution in [0.2, 0.25) is 0 Å². The van der Waals surface area contributed by atoms with E-state index in [9.17, 15) is 0 Å². The van der Waals surface area contributed by atoms with Crippen LogP contribution in [0.4, 0.5) is 0 Å². The Morgan fingerprint density at radius 1 is 1.20 bits per heavy atom. The standard InChI is InChI=1S/C9H14O/c1-2-5-9(4-1)6-3-7-10-8-9/h3,6H,1-2,4-5,7-8H2. The average Bonchev–Trinajstić information content (AvgIpc) is 2.39. The maximum Gasteiger partial charge on any atom is 0.0648 e. The summed E-state index contributed by atoms with van der Waals surface area (Å²) in [6.45, 7) is 1.81. The molecule has 0 unspecified atom stereocenters. The van der Waals surface area contributed by atoms with Crippen LogP contribution >= 0.6 is 0 Å². The summed E-state index contributed by atoms with van der Waals surface area (Å²) in [7, 11) is 0. The Labute approximate surface area is 62.1 Å². The lowest BCUT2D eigenvalue weighted by molar-refractivity contribution is 0.0760. The zero-order valence-electron chi connectivity index (χ0n) is 6.31. The highest BCUT2D eigenvalue weighted by atomic mass is 16.5. The van der Waals surface area contributed by atoms with Crippen LogP contribution in [-0.4, -0.2) is 13.2 Å². The molecule has 0 radical (unpaired) electrons. The maximum absolute atomic E-state index is 5.42. The van der Waals surface area contributed by atoms with Gasteiger partial charge in [-0.2, -0.15) is 0 Å². The highest BCUT2D eigenvalue weighted by Crippen LogP contribution is 2.40. The van der Waals surface area contributed by atoms with Crippen LogP contribution in [0.1, 0.15) is 25.7 Å². The average molecular weight is 138 g/mol. The summed E-state index contributed by atoms with van der Waals surface area (Å²) in [5.41, 5.74) is 0.470. The maximum atomic E-state index is 5.42. The first-order valence-corrected chi connectivity index (χ1v) is 4.17. The van der Waals surface area contributed by atoms with Gasteiger partial charge >= 0.3 is 0 Å². The van der Waals surface area contributed by atoms with E-state index in [1.165, 1.54) is 25.7 Å². The van der Waals surface area contributed by atoms with E-state index in [0.29, 0.717) is 5.41 Å². The Morgan fingerprint density at radius 3 is 2.60 bits per heavy atom. The Bertz CT molecular complexity index is 143. The molecule has 0 bridgehead atoms. The van der Waals surface area contributed by atoms with Crippen molar-refractivity contribution in [2.24, 2.45) is 5.41 Å². The number of hydrogen-bond donors (Lipinski definition) is 0. The van der Waals surface area contributed by atoms with E-state index >= 15 is 0 Å². The monoisotopic (exact) mass is 138 g/mol. The third-order valence-electron chi connectivity index (χ3n) is 2.67. The lowest BCUT2D eigenvalue weighted by Crippen LogP contribution is -2.24. The molecule has 2 aliphatic rings. The van der Waals surface area contributed by atoms with Gasteiger partial charge in [0.15, 0.2) is 0 Å². The van der Waals surface area contributed by atoms with Gasteiger partial charge in [0.05, 0.1) is 13.2 Å². The molecule has 0 aromatic heterocycles. The second-order valence-electron chi connectivity index (χ2n) is 3.49. The van der Waals surface area contributed by atoms with Crippen LogP contribution in [-0.2, 0) is 4.74 Å². The molecular weight excluding hydrogens is 124 g/mol. The molecule has 0 aromatic rings. The van der Waals surface area contributed by atoms with E-state index in [1.807, 2.05) is 0 Å². The fraction of sp³-hybridized carbons (Fsp3) is 0.778. The first kappa shape index (κ1) is 6.41. The summed E-state index contributed by atoms with van der Waals surface area (Å²) >= 11 is 0. The molecule has 1 aliphatic heterocycles. The van der Waals surface area contributed by atoms with E-state index in [1.54, 1.807) is 0 Å². The molecular formula is C9H14O. The van der Waals surface area contributed by atoms with Crippen molar-refractivity contribution in [3.8, 4) is 0 Å². The topological polar surface area (TPSA) is 9.23 Å². The minimum absolute atomic E-state index is 0.470. The first-order valence-electron chi connectivity index (χ1n) is 4.17. The van der Waals surface area contributed by atoms with E-state index in [0.717, 1.165) is 13.2 Å². The third-order valence-corrected chi connectivity index (χ3v) is 2.67. The fourth-order valence-electron chi connectivity index (χ4n) is 2.07. The molecule has 0 aromatic carbocycles. The predicted molar refractivity (Wildman–Crippen MR) is 40.9 cm³/mol. The lowest BCUT2D eigenvalue weighted by atomic mass is 9.86. The molecule has 0 N–H and O–H groups in total. The van der Waals surface area contributed by atoms with Crippen molar-refractivity contribution in [3.63, 3.8) is 0 Å². The van der Waals surface area contributed by atoms with Gasteiger partial charge in [0.1, 0.15) is 0 Å². The van der Waals surface area contributed by atoms with E-state index < -0.39 is 0 Å². The summed E-state index contributed by atoms with van der Waals surface area (Å²) in [5.74, 6) is 0. The molecule has 1 spiro atoms. The summed E-state index contributed by atoms with van der Waals surface area (Å²) in [6.07, 6.45) is 10.0. The van der Waals surface area contributed by atoms with Gasteiger partial charge in [0.2, 0.25) is 0 Å². The van der Waals surface area contributed by atoms with Gasteiger partial charge in [0.25, 0.3) is 0 Å². The zero-order chi connectivity index (χ0) is 6.86.